The van der Waals surface area contributed by atoms with Crippen LogP contribution in [0.2, 0.25) is 0 Å². The van der Waals surface area contributed by atoms with E-state index in [2.05, 4.69) is 60.5 Å². The van der Waals surface area contributed by atoms with Crippen molar-refractivity contribution in [2.45, 2.75) is 19.9 Å². The van der Waals surface area contributed by atoms with Crippen molar-refractivity contribution in [1.82, 2.24) is 10.2 Å². The van der Waals surface area contributed by atoms with Crippen LogP contribution in [0, 0.1) is 5.92 Å². The second-order valence-electron chi connectivity index (χ2n) is 6.89. The summed E-state index contributed by atoms with van der Waals surface area (Å²) in [6.07, 6.45) is 0. The molecule has 2 aromatic rings. The van der Waals surface area contributed by atoms with Gasteiger partial charge in [0, 0.05) is 31.9 Å². The molecule has 1 atom stereocenters. The summed E-state index contributed by atoms with van der Waals surface area (Å²) in [6, 6.07) is 20.7. The highest BCUT2D eigenvalue weighted by atomic mass is 16.2. The molecular weight excluding hydrogens is 310 g/mol. The Morgan fingerprint density at radius 2 is 1.44 bits per heavy atom. The van der Waals surface area contributed by atoms with Gasteiger partial charge in [-0.15, -0.1) is 0 Å². The highest BCUT2D eigenvalue weighted by Crippen LogP contribution is 2.22. The lowest BCUT2D eigenvalue weighted by Crippen LogP contribution is -2.52. The van der Waals surface area contributed by atoms with Crippen molar-refractivity contribution in [3.63, 3.8) is 0 Å². The van der Waals surface area contributed by atoms with E-state index in [4.69, 9.17) is 0 Å². The minimum absolute atomic E-state index is 0.0373. The summed E-state index contributed by atoms with van der Waals surface area (Å²) in [4.78, 5) is 17.0. The van der Waals surface area contributed by atoms with Crippen molar-refractivity contribution in [3.05, 3.63) is 66.2 Å². The molecule has 2 amide bonds. The van der Waals surface area contributed by atoms with Gasteiger partial charge in [-0.25, -0.2) is 4.79 Å². The molecule has 1 aliphatic rings. The van der Waals surface area contributed by atoms with Crippen LogP contribution in [-0.2, 0) is 0 Å². The van der Waals surface area contributed by atoms with Gasteiger partial charge >= 0.3 is 6.03 Å². The first-order chi connectivity index (χ1) is 12.1. The lowest BCUT2D eigenvalue weighted by molar-refractivity contribution is 0.186. The maximum atomic E-state index is 12.7. The molecule has 3 rings (SSSR count). The lowest BCUT2D eigenvalue weighted by Gasteiger charge is -2.37. The monoisotopic (exact) mass is 337 g/mol. The first-order valence-corrected chi connectivity index (χ1v) is 9.05. The van der Waals surface area contributed by atoms with Crippen molar-refractivity contribution in [2.24, 2.45) is 5.92 Å². The van der Waals surface area contributed by atoms with Crippen LogP contribution < -0.4 is 10.2 Å². The van der Waals surface area contributed by atoms with Gasteiger partial charge in [0.25, 0.3) is 0 Å². The van der Waals surface area contributed by atoms with Crippen LogP contribution in [0.25, 0.3) is 0 Å². The minimum atomic E-state index is 0.0373. The summed E-state index contributed by atoms with van der Waals surface area (Å²) in [6.45, 7) is 7.53. The number of urea groups is 1. The van der Waals surface area contributed by atoms with E-state index in [1.807, 2.05) is 29.2 Å². The maximum Gasteiger partial charge on any atom is 0.318 e. The van der Waals surface area contributed by atoms with Crippen LogP contribution in [0.4, 0.5) is 10.5 Å². The highest BCUT2D eigenvalue weighted by molar-refractivity contribution is 5.75. The summed E-state index contributed by atoms with van der Waals surface area (Å²) < 4.78 is 0. The molecule has 0 radical (unpaired) electrons. The molecule has 1 N–H and O–H groups in total. The summed E-state index contributed by atoms with van der Waals surface area (Å²) in [7, 11) is 0. The molecule has 0 aliphatic carbocycles. The topological polar surface area (TPSA) is 35.6 Å². The number of anilines is 1. The molecule has 132 valence electrons. The molecular formula is C21H27N3O. The van der Waals surface area contributed by atoms with Gasteiger partial charge in [0.1, 0.15) is 0 Å². The van der Waals surface area contributed by atoms with E-state index in [0.717, 1.165) is 31.7 Å². The van der Waals surface area contributed by atoms with Gasteiger partial charge in [0.15, 0.2) is 0 Å². The molecule has 25 heavy (non-hydrogen) atoms. The quantitative estimate of drug-likeness (QED) is 0.918. The van der Waals surface area contributed by atoms with Gasteiger partial charge in [-0.05, 0) is 23.6 Å². The van der Waals surface area contributed by atoms with Gasteiger partial charge in [0.2, 0.25) is 0 Å². The normalized spacial score (nSPS) is 16.0. The predicted molar refractivity (Wildman–Crippen MR) is 103 cm³/mol. The van der Waals surface area contributed by atoms with Crippen LogP contribution in [0.5, 0.6) is 0 Å². The predicted octanol–water partition coefficient (Wildman–Crippen LogP) is 3.92. The third kappa shape index (κ3) is 4.32. The van der Waals surface area contributed by atoms with Crippen molar-refractivity contribution < 1.29 is 4.79 Å². The second-order valence-corrected chi connectivity index (χ2v) is 6.89. The molecule has 1 fully saturated rings. The van der Waals surface area contributed by atoms with E-state index in [1.54, 1.807) is 0 Å². The van der Waals surface area contributed by atoms with Crippen molar-refractivity contribution in [1.29, 1.82) is 0 Å². The van der Waals surface area contributed by atoms with Crippen LogP contribution in [0.1, 0.15) is 25.5 Å². The zero-order chi connectivity index (χ0) is 17.6. The highest BCUT2D eigenvalue weighted by Gasteiger charge is 2.25. The molecule has 1 saturated heterocycles. The molecule has 0 bridgehead atoms. The Hall–Kier alpha value is -2.49. The van der Waals surface area contributed by atoms with Crippen LogP contribution in [0.15, 0.2) is 60.7 Å². The fourth-order valence-electron chi connectivity index (χ4n) is 3.33. The molecule has 4 heteroatoms. The largest absolute Gasteiger partial charge is 0.368 e. The summed E-state index contributed by atoms with van der Waals surface area (Å²) >= 11 is 0. The number of nitrogens with one attached hydrogen (secondary N) is 1. The third-order valence-electron chi connectivity index (χ3n) is 4.79. The van der Waals surface area contributed by atoms with E-state index < -0.39 is 0 Å². The average Bonchev–Trinajstić information content (AvgIpc) is 2.67. The van der Waals surface area contributed by atoms with Gasteiger partial charge in [-0.1, -0.05) is 62.4 Å². The number of benzene rings is 2. The number of rotatable bonds is 4. The summed E-state index contributed by atoms with van der Waals surface area (Å²) in [5, 5.41) is 3.23. The van der Waals surface area contributed by atoms with E-state index in [1.165, 1.54) is 5.69 Å². The van der Waals surface area contributed by atoms with Gasteiger partial charge in [-0.3, -0.25) is 0 Å². The van der Waals surface area contributed by atoms with Gasteiger partial charge < -0.3 is 15.1 Å². The number of carbonyl (C=O) groups excluding carboxylic acids is 1. The first kappa shape index (κ1) is 17.3. The summed E-state index contributed by atoms with van der Waals surface area (Å²) in [5.41, 5.74) is 2.39. The molecule has 1 aliphatic heterocycles. The van der Waals surface area contributed by atoms with Crippen molar-refractivity contribution >= 4 is 11.7 Å². The Morgan fingerprint density at radius 1 is 0.880 bits per heavy atom. The number of hydrogen-bond donors (Lipinski definition) is 1. The lowest BCUT2D eigenvalue weighted by atomic mass is 9.96. The van der Waals surface area contributed by atoms with E-state index in [9.17, 15) is 4.79 Å². The molecule has 0 saturated carbocycles. The maximum absolute atomic E-state index is 12.7. The zero-order valence-electron chi connectivity index (χ0n) is 15.1. The number of amides is 2. The van der Waals surface area contributed by atoms with E-state index >= 15 is 0 Å². The molecule has 1 heterocycles. The van der Waals surface area contributed by atoms with Crippen LogP contribution in [0.3, 0.4) is 0 Å². The molecule has 2 aromatic carbocycles. The number of nitrogens with zero attached hydrogens (tertiary/aromatic N) is 2. The third-order valence-corrected chi connectivity index (χ3v) is 4.79. The van der Waals surface area contributed by atoms with Crippen LogP contribution in [-0.4, -0.2) is 37.1 Å². The smallest absolute Gasteiger partial charge is 0.318 e. The Bertz CT molecular complexity index is 664. The van der Waals surface area contributed by atoms with E-state index in [0.29, 0.717) is 5.92 Å². The molecule has 0 spiro atoms. The fourth-order valence-corrected chi connectivity index (χ4v) is 3.33. The SMILES string of the molecule is CC(C)C(NC(=O)N1CCN(c2ccccc2)CC1)c1ccccc1. The van der Waals surface area contributed by atoms with E-state index in [-0.39, 0.29) is 12.1 Å². The van der Waals surface area contributed by atoms with Gasteiger partial charge in [-0.2, -0.15) is 0 Å². The Morgan fingerprint density at radius 3 is 2.00 bits per heavy atom. The number of carbonyl (C=O) groups is 1. The van der Waals surface area contributed by atoms with Crippen LogP contribution >= 0.6 is 0 Å². The summed E-state index contributed by atoms with van der Waals surface area (Å²) in [5.74, 6) is 0.344. The second kappa shape index (κ2) is 8.06. The molecule has 4 nitrogen and oxygen atoms in total. The standard InChI is InChI=1S/C21H27N3O/c1-17(2)20(18-9-5-3-6-10-18)22-21(25)24-15-13-23(14-16-24)19-11-7-4-8-12-19/h3-12,17,20H,13-16H2,1-2H3,(H,22,25). The number of para-hydroxylation sites is 1. The Balaban J connectivity index is 1.58. The molecule has 1 unspecified atom stereocenters. The van der Waals surface area contributed by atoms with Gasteiger partial charge in [0.05, 0.1) is 6.04 Å². The van der Waals surface area contributed by atoms with Crippen molar-refractivity contribution in [3.8, 4) is 0 Å². The first-order valence-electron chi connectivity index (χ1n) is 9.05. The fraction of sp³-hybridized carbons (Fsp3) is 0.381. The van der Waals surface area contributed by atoms with Crippen molar-refractivity contribution in [2.75, 3.05) is 31.1 Å². The Labute approximate surface area is 150 Å². The number of piperazine rings is 1. The Kier molecular flexibility index (Phi) is 5.59. The molecule has 0 aromatic heterocycles. The minimum Gasteiger partial charge on any atom is -0.368 e. The average molecular weight is 337 g/mol. The zero-order valence-corrected chi connectivity index (χ0v) is 15.1. The number of hydrogen-bond acceptors (Lipinski definition) is 2.